The van der Waals surface area contributed by atoms with E-state index in [4.69, 9.17) is 11.6 Å². The standard InChI is InChI=1S/C18H17BrClFN6O3/c1-3-15(26-10(2)7-16(23-26)27(29)30)18(28)22-17-12(19)9-25(24-17)8-11-13(20)5-4-6-14(11)21/h4-7,9,15H,3,8H2,1-2H3,(H,22,24,28). The fourth-order valence-corrected chi connectivity index (χ4v) is 3.59. The lowest BCUT2D eigenvalue weighted by atomic mass is 10.2. The van der Waals surface area contributed by atoms with Gasteiger partial charge in [-0.3, -0.25) is 9.48 Å². The van der Waals surface area contributed by atoms with E-state index in [2.05, 4.69) is 31.4 Å². The number of hydrogen-bond donors (Lipinski definition) is 1. The van der Waals surface area contributed by atoms with Crippen LogP contribution in [0.1, 0.15) is 30.6 Å². The number of nitrogens with zero attached hydrogens (tertiary/aromatic N) is 5. The highest BCUT2D eigenvalue weighted by Gasteiger charge is 2.28. The summed E-state index contributed by atoms with van der Waals surface area (Å²) < 4.78 is 17.3. The van der Waals surface area contributed by atoms with E-state index in [0.29, 0.717) is 16.6 Å². The number of halogens is 3. The molecular formula is C18H17BrClFN6O3. The molecule has 0 saturated carbocycles. The first kappa shape index (κ1) is 21.9. The van der Waals surface area contributed by atoms with Crippen molar-refractivity contribution in [3.63, 3.8) is 0 Å². The molecule has 158 valence electrons. The van der Waals surface area contributed by atoms with Crippen LogP contribution in [0.5, 0.6) is 0 Å². The molecule has 0 aliphatic heterocycles. The zero-order valence-electron chi connectivity index (χ0n) is 16.0. The topological polar surface area (TPSA) is 108 Å². The van der Waals surface area contributed by atoms with Crippen molar-refractivity contribution in [2.24, 2.45) is 0 Å². The zero-order valence-corrected chi connectivity index (χ0v) is 18.3. The molecule has 0 aliphatic rings. The largest absolute Gasteiger partial charge is 0.390 e. The Morgan fingerprint density at radius 2 is 2.17 bits per heavy atom. The van der Waals surface area contributed by atoms with E-state index in [9.17, 15) is 19.3 Å². The van der Waals surface area contributed by atoms with Crippen molar-refractivity contribution in [1.82, 2.24) is 19.6 Å². The number of aryl methyl sites for hydroxylation is 1. The minimum absolute atomic E-state index is 0.0711. The third kappa shape index (κ3) is 4.51. The van der Waals surface area contributed by atoms with Crippen LogP contribution in [0.3, 0.4) is 0 Å². The van der Waals surface area contributed by atoms with Gasteiger partial charge >= 0.3 is 5.82 Å². The normalized spacial score (nSPS) is 12.0. The average molecular weight is 500 g/mol. The van der Waals surface area contributed by atoms with E-state index in [1.807, 2.05) is 0 Å². The van der Waals surface area contributed by atoms with Gasteiger partial charge in [-0.1, -0.05) is 24.6 Å². The molecule has 0 aliphatic carbocycles. The van der Waals surface area contributed by atoms with Gasteiger partial charge in [0.25, 0.3) is 5.91 Å². The highest BCUT2D eigenvalue weighted by Crippen LogP contribution is 2.26. The summed E-state index contributed by atoms with van der Waals surface area (Å²) in [4.78, 5) is 23.2. The van der Waals surface area contributed by atoms with Crippen molar-refractivity contribution in [3.8, 4) is 0 Å². The second-order valence-electron chi connectivity index (χ2n) is 6.48. The van der Waals surface area contributed by atoms with E-state index in [1.54, 1.807) is 26.1 Å². The summed E-state index contributed by atoms with van der Waals surface area (Å²) in [7, 11) is 0. The van der Waals surface area contributed by atoms with Crippen LogP contribution < -0.4 is 5.32 Å². The lowest BCUT2D eigenvalue weighted by molar-refractivity contribution is -0.389. The summed E-state index contributed by atoms with van der Waals surface area (Å²) in [6, 6.07) is 4.94. The van der Waals surface area contributed by atoms with Crippen molar-refractivity contribution < 1.29 is 14.1 Å². The van der Waals surface area contributed by atoms with Crippen LogP contribution in [0.4, 0.5) is 16.0 Å². The number of nitrogens with one attached hydrogen (secondary N) is 1. The van der Waals surface area contributed by atoms with E-state index in [0.717, 1.165) is 0 Å². The van der Waals surface area contributed by atoms with Crippen LogP contribution in [0, 0.1) is 22.9 Å². The van der Waals surface area contributed by atoms with Crippen LogP contribution >= 0.6 is 27.5 Å². The van der Waals surface area contributed by atoms with Crippen LogP contribution in [-0.2, 0) is 11.3 Å². The molecule has 0 radical (unpaired) electrons. The molecule has 3 rings (SSSR count). The summed E-state index contributed by atoms with van der Waals surface area (Å²) >= 11 is 9.38. The number of carbonyl (C=O) groups excluding carboxylic acids is 1. The highest BCUT2D eigenvalue weighted by atomic mass is 79.9. The molecular weight excluding hydrogens is 483 g/mol. The zero-order chi connectivity index (χ0) is 22.0. The Labute approximate surface area is 184 Å². The summed E-state index contributed by atoms with van der Waals surface area (Å²) in [6.45, 7) is 3.48. The van der Waals surface area contributed by atoms with Crippen LogP contribution in [0.25, 0.3) is 0 Å². The number of carbonyl (C=O) groups is 1. The number of benzene rings is 1. The smallest absolute Gasteiger partial charge is 0.358 e. The third-order valence-corrected chi connectivity index (χ3v) is 5.36. The fraction of sp³-hybridized carbons (Fsp3) is 0.278. The first-order valence-electron chi connectivity index (χ1n) is 8.88. The second-order valence-corrected chi connectivity index (χ2v) is 7.74. The van der Waals surface area contributed by atoms with Gasteiger partial charge in [-0.2, -0.15) is 9.78 Å². The summed E-state index contributed by atoms with van der Waals surface area (Å²) in [5.41, 5.74) is 0.764. The SMILES string of the molecule is CCC(C(=O)Nc1nn(Cc2c(F)cccc2Cl)cc1Br)n1nc([N+](=O)[O-])cc1C. The average Bonchev–Trinajstić information content (AvgIpc) is 3.22. The number of rotatable bonds is 7. The molecule has 1 N–H and O–H groups in total. The summed E-state index contributed by atoms with van der Waals surface area (Å²) in [5, 5.41) is 22.1. The first-order chi connectivity index (χ1) is 14.2. The molecule has 0 bridgehead atoms. The number of hydrogen-bond acceptors (Lipinski definition) is 5. The maximum atomic E-state index is 14.0. The number of nitro groups is 1. The quantitative estimate of drug-likeness (QED) is 0.381. The van der Waals surface area contributed by atoms with Gasteiger partial charge in [0, 0.05) is 16.8 Å². The second kappa shape index (κ2) is 8.92. The Morgan fingerprint density at radius 3 is 2.77 bits per heavy atom. The fourth-order valence-electron chi connectivity index (χ4n) is 2.95. The van der Waals surface area contributed by atoms with Crippen LogP contribution in [0.15, 0.2) is 34.9 Å². The van der Waals surface area contributed by atoms with Gasteiger partial charge in [-0.15, -0.1) is 0 Å². The Morgan fingerprint density at radius 1 is 1.43 bits per heavy atom. The molecule has 2 heterocycles. The Hall–Kier alpha value is -2.79. The monoisotopic (exact) mass is 498 g/mol. The molecule has 1 unspecified atom stereocenters. The molecule has 0 spiro atoms. The van der Waals surface area contributed by atoms with Gasteiger partial charge in [0.1, 0.15) is 5.82 Å². The lowest BCUT2D eigenvalue weighted by Gasteiger charge is -2.13. The molecule has 9 nitrogen and oxygen atoms in total. The number of anilines is 1. The molecule has 2 aromatic heterocycles. The van der Waals surface area contributed by atoms with E-state index >= 15 is 0 Å². The van der Waals surface area contributed by atoms with Gasteiger partial charge in [0.15, 0.2) is 11.9 Å². The predicted molar refractivity (Wildman–Crippen MR) is 112 cm³/mol. The minimum atomic E-state index is -0.767. The molecule has 1 amide bonds. The maximum absolute atomic E-state index is 14.0. The summed E-state index contributed by atoms with van der Waals surface area (Å²) in [6.07, 6.45) is 1.94. The molecule has 0 fully saturated rings. The van der Waals surface area contributed by atoms with Crippen LogP contribution in [-0.4, -0.2) is 30.4 Å². The molecule has 3 aromatic rings. The number of aromatic nitrogens is 4. The van der Waals surface area contributed by atoms with Crippen LogP contribution in [0.2, 0.25) is 5.02 Å². The van der Waals surface area contributed by atoms with Gasteiger partial charge in [-0.25, -0.2) is 4.39 Å². The van der Waals surface area contributed by atoms with E-state index in [-0.39, 0.29) is 28.8 Å². The summed E-state index contributed by atoms with van der Waals surface area (Å²) in [5.74, 6) is -0.994. The van der Waals surface area contributed by atoms with Crippen molar-refractivity contribution in [2.45, 2.75) is 32.9 Å². The van der Waals surface area contributed by atoms with Gasteiger partial charge < -0.3 is 15.4 Å². The first-order valence-corrected chi connectivity index (χ1v) is 10.1. The van der Waals surface area contributed by atoms with E-state index in [1.165, 1.54) is 27.6 Å². The van der Waals surface area contributed by atoms with Crippen molar-refractivity contribution >= 4 is 45.1 Å². The maximum Gasteiger partial charge on any atom is 0.390 e. The molecule has 0 saturated heterocycles. The minimum Gasteiger partial charge on any atom is -0.358 e. The van der Waals surface area contributed by atoms with Gasteiger partial charge in [0.2, 0.25) is 0 Å². The molecule has 12 heteroatoms. The van der Waals surface area contributed by atoms with Crippen molar-refractivity contribution in [1.29, 1.82) is 0 Å². The Kier molecular flexibility index (Phi) is 6.52. The van der Waals surface area contributed by atoms with Crippen molar-refractivity contribution in [2.75, 3.05) is 5.32 Å². The highest BCUT2D eigenvalue weighted by molar-refractivity contribution is 9.10. The lowest BCUT2D eigenvalue weighted by Crippen LogP contribution is -2.27. The van der Waals surface area contributed by atoms with Crippen molar-refractivity contribution in [3.05, 3.63) is 67.1 Å². The third-order valence-electron chi connectivity index (χ3n) is 4.42. The van der Waals surface area contributed by atoms with E-state index < -0.39 is 22.7 Å². The Bertz CT molecular complexity index is 1100. The molecule has 30 heavy (non-hydrogen) atoms. The molecule has 1 aromatic carbocycles. The number of amides is 1. The van der Waals surface area contributed by atoms with Gasteiger partial charge in [0.05, 0.1) is 27.9 Å². The van der Waals surface area contributed by atoms with Gasteiger partial charge in [-0.05, 0) is 46.3 Å². The molecule has 1 atom stereocenters. The predicted octanol–water partition coefficient (Wildman–Crippen LogP) is 4.49. The Balaban J connectivity index is 1.80.